The van der Waals surface area contributed by atoms with Crippen LogP contribution in [0.25, 0.3) is 0 Å². The number of Topliss-reactive ketones (excluding diaryl/α,β-unsaturated/α-hetero) is 1. The lowest BCUT2D eigenvalue weighted by molar-refractivity contribution is -0.130. The van der Waals surface area contributed by atoms with Gasteiger partial charge in [0.25, 0.3) is 0 Å². The van der Waals surface area contributed by atoms with Crippen molar-refractivity contribution in [1.82, 2.24) is 10.2 Å². The Balaban J connectivity index is 0.00000288. The summed E-state index contributed by atoms with van der Waals surface area (Å²) in [5, 5.41) is 3.28. The Morgan fingerprint density at radius 2 is 1.83 bits per heavy atom. The summed E-state index contributed by atoms with van der Waals surface area (Å²) in [6.07, 6.45) is 5.01. The molecule has 0 saturated carbocycles. The third-order valence-corrected chi connectivity index (χ3v) is 4.35. The average Bonchev–Trinajstić information content (AvgIpc) is 2.87. The molecule has 1 fully saturated rings. The van der Waals surface area contributed by atoms with E-state index in [2.05, 4.69) is 12.2 Å². The maximum absolute atomic E-state index is 12.2. The van der Waals surface area contributed by atoms with Crippen molar-refractivity contribution in [2.45, 2.75) is 45.4 Å². The Morgan fingerprint density at radius 3 is 2.54 bits per heavy atom. The van der Waals surface area contributed by atoms with E-state index in [9.17, 15) is 9.59 Å². The zero-order valence-corrected chi connectivity index (χ0v) is 15.4. The number of aryl methyl sites for hydroxylation is 1. The molecule has 1 aliphatic heterocycles. The highest BCUT2D eigenvalue weighted by Crippen LogP contribution is 2.11. The van der Waals surface area contributed by atoms with Gasteiger partial charge in [-0.2, -0.15) is 0 Å². The number of carbonyl (C=O) groups is 2. The molecule has 0 aromatic heterocycles. The van der Waals surface area contributed by atoms with E-state index in [1.807, 2.05) is 29.2 Å². The van der Waals surface area contributed by atoms with Crippen LogP contribution < -0.4 is 5.32 Å². The number of nitrogens with zero attached hydrogens (tertiary/aromatic N) is 1. The van der Waals surface area contributed by atoms with E-state index in [0.29, 0.717) is 12.8 Å². The van der Waals surface area contributed by atoms with Gasteiger partial charge in [0, 0.05) is 38.0 Å². The molecule has 2 rings (SSSR count). The molecule has 134 valence electrons. The third kappa shape index (κ3) is 6.62. The predicted molar refractivity (Wildman–Crippen MR) is 99.9 cm³/mol. The van der Waals surface area contributed by atoms with Crippen LogP contribution in [0.3, 0.4) is 0 Å². The summed E-state index contributed by atoms with van der Waals surface area (Å²) in [7, 11) is 0. The molecule has 0 bridgehead atoms. The first kappa shape index (κ1) is 20.7. The summed E-state index contributed by atoms with van der Waals surface area (Å²) in [5.41, 5.74) is 1.99. The van der Waals surface area contributed by atoms with Crippen LogP contribution in [0, 0.1) is 0 Å². The van der Waals surface area contributed by atoms with Crippen LogP contribution in [-0.4, -0.2) is 42.8 Å². The number of benzene rings is 1. The van der Waals surface area contributed by atoms with E-state index < -0.39 is 0 Å². The van der Waals surface area contributed by atoms with E-state index in [1.165, 1.54) is 18.4 Å². The second-order valence-electron chi connectivity index (χ2n) is 6.21. The lowest BCUT2D eigenvalue weighted by atomic mass is 10.0. The van der Waals surface area contributed by atoms with Crippen molar-refractivity contribution in [3.63, 3.8) is 0 Å². The molecule has 0 spiro atoms. The third-order valence-electron chi connectivity index (χ3n) is 4.35. The lowest BCUT2D eigenvalue weighted by Crippen LogP contribution is -2.34. The molecule has 1 heterocycles. The molecule has 0 radical (unpaired) electrons. The van der Waals surface area contributed by atoms with E-state index in [4.69, 9.17) is 0 Å². The summed E-state index contributed by atoms with van der Waals surface area (Å²) in [6, 6.07) is 7.86. The fourth-order valence-corrected chi connectivity index (χ4v) is 2.86. The van der Waals surface area contributed by atoms with Crippen LogP contribution in [-0.2, 0) is 11.2 Å². The molecule has 1 aromatic carbocycles. The Morgan fingerprint density at radius 1 is 1.08 bits per heavy atom. The van der Waals surface area contributed by atoms with Crippen LogP contribution in [0.15, 0.2) is 24.3 Å². The molecule has 1 N–H and O–H groups in total. The number of rotatable bonds is 7. The van der Waals surface area contributed by atoms with Crippen LogP contribution in [0.4, 0.5) is 0 Å². The quantitative estimate of drug-likeness (QED) is 0.766. The van der Waals surface area contributed by atoms with Gasteiger partial charge in [-0.05, 0) is 31.4 Å². The first-order valence-electron chi connectivity index (χ1n) is 8.81. The van der Waals surface area contributed by atoms with Gasteiger partial charge in [0.15, 0.2) is 5.78 Å². The maximum atomic E-state index is 12.2. The standard InChI is InChI=1S/C19H28N2O2.ClH/c1-2-3-5-16-6-8-17(9-7-16)18(22)10-11-19(23)21-14-4-12-20-13-15-21;/h6-9,20H,2-5,10-15H2,1H3;1H. The number of unbranched alkanes of at least 4 members (excludes halogenated alkanes) is 1. The lowest BCUT2D eigenvalue weighted by Gasteiger charge is -2.19. The molecule has 0 atom stereocenters. The summed E-state index contributed by atoms with van der Waals surface area (Å²) in [6.45, 7) is 5.53. The van der Waals surface area contributed by atoms with Gasteiger partial charge in [-0.15, -0.1) is 12.4 Å². The van der Waals surface area contributed by atoms with E-state index in [0.717, 1.165) is 44.6 Å². The molecule has 1 aromatic rings. The van der Waals surface area contributed by atoms with Gasteiger partial charge < -0.3 is 10.2 Å². The normalized spacial score (nSPS) is 14.6. The number of hydrogen-bond acceptors (Lipinski definition) is 3. The number of carbonyl (C=O) groups excluding carboxylic acids is 2. The van der Waals surface area contributed by atoms with Crippen LogP contribution in [0.1, 0.15) is 54.9 Å². The maximum Gasteiger partial charge on any atom is 0.223 e. The second-order valence-corrected chi connectivity index (χ2v) is 6.21. The van der Waals surface area contributed by atoms with Crippen molar-refractivity contribution >= 4 is 24.1 Å². The fraction of sp³-hybridized carbons (Fsp3) is 0.579. The molecule has 0 unspecified atom stereocenters. The largest absolute Gasteiger partial charge is 0.341 e. The van der Waals surface area contributed by atoms with Crippen molar-refractivity contribution in [3.05, 3.63) is 35.4 Å². The highest BCUT2D eigenvalue weighted by Gasteiger charge is 2.16. The number of halogens is 1. The Labute approximate surface area is 151 Å². The number of nitrogens with one attached hydrogen (secondary N) is 1. The van der Waals surface area contributed by atoms with Crippen LogP contribution >= 0.6 is 12.4 Å². The molecule has 1 saturated heterocycles. The topological polar surface area (TPSA) is 49.4 Å². The van der Waals surface area contributed by atoms with E-state index in [1.54, 1.807) is 0 Å². The average molecular weight is 353 g/mol. The minimum Gasteiger partial charge on any atom is -0.341 e. The van der Waals surface area contributed by atoms with Gasteiger partial charge in [-0.1, -0.05) is 37.6 Å². The number of ketones is 1. The fourth-order valence-electron chi connectivity index (χ4n) is 2.86. The Bertz CT molecular complexity index is 509. The van der Waals surface area contributed by atoms with Crippen molar-refractivity contribution in [3.8, 4) is 0 Å². The van der Waals surface area contributed by atoms with Crippen LogP contribution in [0.5, 0.6) is 0 Å². The van der Waals surface area contributed by atoms with Crippen molar-refractivity contribution in [2.24, 2.45) is 0 Å². The molecule has 4 nitrogen and oxygen atoms in total. The second kappa shape index (κ2) is 11.2. The van der Waals surface area contributed by atoms with Crippen molar-refractivity contribution in [2.75, 3.05) is 26.2 Å². The number of hydrogen-bond donors (Lipinski definition) is 1. The molecule has 24 heavy (non-hydrogen) atoms. The minimum absolute atomic E-state index is 0. The molecule has 0 aliphatic carbocycles. The smallest absolute Gasteiger partial charge is 0.223 e. The van der Waals surface area contributed by atoms with Gasteiger partial charge in [0.1, 0.15) is 0 Å². The highest BCUT2D eigenvalue weighted by molar-refractivity contribution is 5.98. The summed E-state index contributed by atoms with van der Waals surface area (Å²) < 4.78 is 0. The van der Waals surface area contributed by atoms with Gasteiger partial charge >= 0.3 is 0 Å². The van der Waals surface area contributed by atoms with Crippen molar-refractivity contribution in [1.29, 1.82) is 0 Å². The van der Waals surface area contributed by atoms with Gasteiger partial charge in [-0.25, -0.2) is 0 Å². The molecular weight excluding hydrogens is 324 g/mol. The SMILES string of the molecule is CCCCc1ccc(C(=O)CCC(=O)N2CCCNCC2)cc1.Cl. The zero-order valence-electron chi connectivity index (χ0n) is 14.6. The molecule has 1 aliphatic rings. The molecule has 5 heteroatoms. The van der Waals surface area contributed by atoms with E-state index >= 15 is 0 Å². The first-order chi connectivity index (χ1) is 11.2. The summed E-state index contributed by atoms with van der Waals surface area (Å²) in [5.74, 6) is 0.162. The van der Waals surface area contributed by atoms with Gasteiger partial charge in [0.2, 0.25) is 5.91 Å². The molecule has 1 amide bonds. The first-order valence-corrected chi connectivity index (χ1v) is 8.81. The summed E-state index contributed by atoms with van der Waals surface area (Å²) in [4.78, 5) is 26.3. The van der Waals surface area contributed by atoms with Crippen molar-refractivity contribution < 1.29 is 9.59 Å². The summed E-state index contributed by atoms with van der Waals surface area (Å²) >= 11 is 0. The van der Waals surface area contributed by atoms with Gasteiger partial charge in [0.05, 0.1) is 0 Å². The Hall–Kier alpha value is -1.39. The molecular formula is C19H29ClN2O2. The predicted octanol–water partition coefficient (Wildman–Crippen LogP) is 3.24. The highest BCUT2D eigenvalue weighted by atomic mass is 35.5. The Kier molecular flexibility index (Phi) is 9.65. The number of amides is 1. The van der Waals surface area contributed by atoms with Crippen LogP contribution in [0.2, 0.25) is 0 Å². The van der Waals surface area contributed by atoms with Gasteiger partial charge in [-0.3, -0.25) is 9.59 Å². The minimum atomic E-state index is 0. The zero-order chi connectivity index (χ0) is 16.5. The monoisotopic (exact) mass is 352 g/mol. The van der Waals surface area contributed by atoms with E-state index in [-0.39, 0.29) is 24.1 Å².